The van der Waals surface area contributed by atoms with Gasteiger partial charge in [-0.25, -0.2) is 9.59 Å². The number of rotatable bonds is 4. The van der Waals surface area contributed by atoms with Crippen LogP contribution in [0.5, 0.6) is 0 Å². The van der Waals surface area contributed by atoms with Crippen LogP contribution >= 0.6 is 11.8 Å². The lowest BCUT2D eigenvalue weighted by Crippen LogP contribution is -2.56. The topological polar surface area (TPSA) is 60.9 Å². The fraction of sp³-hybridized carbons (Fsp3) is 0.846. The van der Waals surface area contributed by atoms with E-state index in [1.165, 1.54) is 12.8 Å². The van der Waals surface area contributed by atoms with Gasteiger partial charge in [-0.2, -0.15) is 11.8 Å². The zero-order valence-corrected chi connectivity index (χ0v) is 12.4. The summed E-state index contributed by atoms with van der Waals surface area (Å²) in [5.74, 6) is 1.05. The Morgan fingerprint density at radius 3 is 2.63 bits per heavy atom. The standard InChI is InChI=1S/C13H22N2O3S/c1-9(2)15(7-10-3-4-10)13(18)14-5-6-19-8-11(14)12(16)17/h9-11H,3-8H2,1-2H3,(H,16,17). The van der Waals surface area contributed by atoms with Crippen molar-refractivity contribution in [2.75, 3.05) is 24.6 Å². The van der Waals surface area contributed by atoms with Gasteiger partial charge in [0.2, 0.25) is 0 Å². The Labute approximate surface area is 118 Å². The zero-order valence-electron chi connectivity index (χ0n) is 11.5. The average Bonchev–Trinajstić information content (AvgIpc) is 3.18. The van der Waals surface area contributed by atoms with Gasteiger partial charge in [0.05, 0.1) is 0 Å². The number of amides is 2. The van der Waals surface area contributed by atoms with Crippen molar-refractivity contribution in [3.63, 3.8) is 0 Å². The van der Waals surface area contributed by atoms with Crippen LogP contribution in [0.15, 0.2) is 0 Å². The first kappa shape index (κ1) is 14.5. The van der Waals surface area contributed by atoms with Gasteiger partial charge >= 0.3 is 12.0 Å². The number of aliphatic carboxylic acids is 1. The molecule has 0 bridgehead atoms. The number of hydrogen-bond acceptors (Lipinski definition) is 3. The van der Waals surface area contributed by atoms with Crippen molar-refractivity contribution < 1.29 is 14.7 Å². The molecule has 1 saturated heterocycles. The minimum absolute atomic E-state index is 0.102. The second-order valence-electron chi connectivity index (χ2n) is 5.59. The number of carboxylic acid groups (broad SMARTS) is 1. The Hall–Kier alpha value is -0.910. The summed E-state index contributed by atoms with van der Waals surface area (Å²) in [4.78, 5) is 27.2. The monoisotopic (exact) mass is 286 g/mol. The second-order valence-corrected chi connectivity index (χ2v) is 6.74. The first-order valence-electron chi connectivity index (χ1n) is 6.88. The van der Waals surface area contributed by atoms with Crippen molar-refractivity contribution >= 4 is 23.8 Å². The summed E-state index contributed by atoms with van der Waals surface area (Å²) in [6.07, 6.45) is 2.38. The van der Waals surface area contributed by atoms with Crippen LogP contribution in [0.3, 0.4) is 0 Å². The van der Waals surface area contributed by atoms with Gasteiger partial charge in [-0.05, 0) is 32.6 Å². The zero-order chi connectivity index (χ0) is 14.0. The SMILES string of the molecule is CC(C)N(CC1CC1)C(=O)N1CCSCC1C(=O)O. The van der Waals surface area contributed by atoms with Crippen LogP contribution in [0.1, 0.15) is 26.7 Å². The maximum absolute atomic E-state index is 12.6. The summed E-state index contributed by atoms with van der Waals surface area (Å²) in [6.45, 7) is 5.30. The van der Waals surface area contributed by atoms with Crippen molar-refractivity contribution in [2.45, 2.75) is 38.8 Å². The molecule has 0 aromatic heterocycles. The normalized spacial score (nSPS) is 23.5. The molecule has 2 rings (SSSR count). The van der Waals surface area contributed by atoms with Gasteiger partial charge in [0, 0.05) is 30.6 Å². The molecule has 1 N–H and O–H groups in total. The van der Waals surface area contributed by atoms with Gasteiger partial charge in [-0.15, -0.1) is 0 Å². The van der Waals surface area contributed by atoms with E-state index in [1.807, 2.05) is 18.7 Å². The van der Waals surface area contributed by atoms with Gasteiger partial charge in [0.15, 0.2) is 0 Å². The van der Waals surface area contributed by atoms with Gasteiger partial charge in [-0.1, -0.05) is 0 Å². The van der Waals surface area contributed by atoms with Crippen LogP contribution in [0.2, 0.25) is 0 Å². The van der Waals surface area contributed by atoms with Gasteiger partial charge in [-0.3, -0.25) is 0 Å². The fourth-order valence-corrected chi connectivity index (χ4v) is 3.33. The van der Waals surface area contributed by atoms with Crippen molar-refractivity contribution in [3.05, 3.63) is 0 Å². The largest absolute Gasteiger partial charge is 0.480 e. The Balaban J connectivity index is 2.06. The molecule has 1 unspecified atom stereocenters. The number of carboxylic acids is 1. The second kappa shape index (κ2) is 6.03. The molecule has 1 aliphatic carbocycles. The molecule has 19 heavy (non-hydrogen) atoms. The molecular weight excluding hydrogens is 264 g/mol. The number of nitrogens with zero attached hydrogens (tertiary/aromatic N) is 2. The summed E-state index contributed by atoms with van der Waals surface area (Å²) in [6, 6.07) is -0.654. The molecule has 2 aliphatic rings. The lowest BCUT2D eigenvalue weighted by atomic mass is 10.2. The van der Waals surface area contributed by atoms with Crippen LogP contribution in [0.4, 0.5) is 4.79 Å². The van der Waals surface area contributed by atoms with E-state index in [9.17, 15) is 14.7 Å². The first-order valence-corrected chi connectivity index (χ1v) is 8.04. The van der Waals surface area contributed by atoms with Crippen molar-refractivity contribution in [1.29, 1.82) is 0 Å². The molecule has 1 atom stereocenters. The minimum Gasteiger partial charge on any atom is -0.480 e. The predicted octanol–water partition coefficient (Wildman–Crippen LogP) is 1.73. The average molecular weight is 286 g/mol. The Morgan fingerprint density at radius 1 is 1.42 bits per heavy atom. The van der Waals surface area contributed by atoms with Crippen molar-refractivity contribution in [3.8, 4) is 0 Å². The molecule has 2 fully saturated rings. The number of carbonyl (C=O) groups excluding carboxylic acids is 1. The highest BCUT2D eigenvalue weighted by Crippen LogP contribution is 2.31. The summed E-state index contributed by atoms with van der Waals surface area (Å²) in [7, 11) is 0. The first-order chi connectivity index (χ1) is 9.00. The molecule has 1 aliphatic heterocycles. The summed E-state index contributed by atoms with van der Waals surface area (Å²) in [5, 5.41) is 9.25. The van der Waals surface area contributed by atoms with E-state index in [1.54, 1.807) is 16.7 Å². The number of hydrogen-bond donors (Lipinski definition) is 1. The van der Waals surface area contributed by atoms with Crippen molar-refractivity contribution in [2.24, 2.45) is 5.92 Å². The molecule has 1 saturated carbocycles. The van der Waals surface area contributed by atoms with Crippen LogP contribution in [0, 0.1) is 5.92 Å². The molecule has 0 aromatic carbocycles. The summed E-state index contributed by atoms with van der Waals surface area (Å²) >= 11 is 1.61. The molecule has 108 valence electrons. The van der Waals surface area contributed by atoms with Gasteiger partial charge in [0.1, 0.15) is 6.04 Å². The van der Waals surface area contributed by atoms with Crippen LogP contribution in [-0.4, -0.2) is 63.6 Å². The Morgan fingerprint density at radius 2 is 2.11 bits per heavy atom. The predicted molar refractivity (Wildman–Crippen MR) is 75.4 cm³/mol. The molecule has 0 spiro atoms. The fourth-order valence-electron chi connectivity index (χ4n) is 2.29. The smallest absolute Gasteiger partial charge is 0.327 e. The van der Waals surface area contributed by atoms with Crippen LogP contribution in [-0.2, 0) is 4.79 Å². The van der Waals surface area contributed by atoms with E-state index in [-0.39, 0.29) is 12.1 Å². The summed E-state index contributed by atoms with van der Waals surface area (Å²) < 4.78 is 0. The van der Waals surface area contributed by atoms with E-state index < -0.39 is 12.0 Å². The van der Waals surface area contributed by atoms with Crippen LogP contribution in [0.25, 0.3) is 0 Å². The van der Waals surface area contributed by atoms with Gasteiger partial charge < -0.3 is 14.9 Å². The lowest BCUT2D eigenvalue weighted by molar-refractivity contribution is -0.141. The van der Waals surface area contributed by atoms with E-state index in [0.717, 1.165) is 12.3 Å². The molecule has 6 heteroatoms. The maximum Gasteiger partial charge on any atom is 0.327 e. The highest BCUT2D eigenvalue weighted by atomic mass is 32.2. The third-order valence-electron chi connectivity index (χ3n) is 3.68. The number of urea groups is 1. The maximum atomic E-state index is 12.6. The lowest BCUT2D eigenvalue weighted by Gasteiger charge is -2.38. The van der Waals surface area contributed by atoms with E-state index in [4.69, 9.17) is 0 Å². The molecule has 5 nitrogen and oxygen atoms in total. The van der Waals surface area contributed by atoms with E-state index >= 15 is 0 Å². The number of thioether (sulfide) groups is 1. The molecule has 0 aromatic rings. The third kappa shape index (κ3) is 3.55. The van der Waals surface area contributed by atoms with E-state index in [0.29, 0.717) is 18.2 Å². The quantitative estimate of drug-likeness (QED) is 0.855. The third-order valence-corrected chi connectivity index (χ3v) is 4.70. The molecular formula is C13H22N2O3S. The molecule has 0 radical (unpaired) electrons. The number of carbonyl (C=O) groups is 2. The van der Waals surface area contributed by atoms with Crippen LogP contribution < -0.4 is 0 Å². The van der Waals surface area contributed by atoms with E-state index in [2.05, 4.69) is 0 Å². The molecule has 2 amide bonds. The van der Waals surface area contributed by atoms with Gasteiger partial charge in [0.25, 0.3) is 0 Å². The highest BCUT2D eigenvalue weighted by molar-refractivity contribution is 7.99. The highest BCUT2D eigenvalue weighted by Gasteiger charge is 2.37. The minimum atomic E-state index is -0.893. The molecule has 1 heterocycles. The summed E-state index contributed by atoms with van der Waals surface area (Å²) in [5.41, 5.74) is 0. The Bertz CT molecular complexity index is 358. The van der Waals surface area contributed by atoms with Crippen molar-refractivity contribution in [1.82, 2.24) is 9.80 Å². The Kier molecular flexibility index (Phi) is 4.60.